The number of rotatable bonds is 6. The molecule has 1 aliphatic rings. The van der Waals surface area contributed by atoms with Crippen LogP contribution in [0.1, 0.15) is 55.9 Å². The van der Waals surface area contributed by atoms with Gasteiger partial charge in [0.25, 0.3) is 5.56 Å². The third-order valence-corrected chi connectivity index (χ3v) is 8.50. The molecule has 34 heavy (non-hydrogen) atoms. The van der Waals surface area contributed by atoms with Gasteiger partial charge in [-0.3, -0.25) is 4.79 Å². The second-order valence-electron chi connectivity index (χ2n) is 10.4. The van der Waals surface area contributed by atoms with Crippen molar-refractivity contribution in [2.45, 2.75) is 70.4 Å². The summed E-state index contributed by atoms with van der Waals surface area (Å²) in [6.07, 6.45) is 1.54. The molecule has 0 saturated carbocycles. The Kier molecular flexibility index (Phi) is 6.73. The molecule has 1 aromatic heterocycles. The maximum atomic E-state index is 13.7. The second-order valence-corrected chi connectivity index (χ2v) is 12.3. The van der Waals surface area contributed by atoms with Gasteiger partial charge >= 0.3 is 0 Å². The van der Waals surface area contributed by atoms with Gasteiger partial charge in [-0.1, -0.05) is 32.9 Å². The number of benzene rings is 2. The van der Waals surface area contributed by atoms with Gasteiger partial charge in [0, 0.05) is 30.8 Å². The number of fused-ring (bicyclic) bond motifs is 1. The Morgan fingerprint density at radius 1 is 1.06 bits per heavy atom. The predicted octanol–water partition coefficient (Wildman–Crippen LogP) is 4.81. The van der Waals surface area contributed by atoms with E-state index in [1.807, 2.05) is 38.1 Å². The molecule has 2 aromatic carbocycles. The number of aromatic nitrogens is 1. The summed E-state index contributed by atoms with van der Waals surface area (Å²) in [4.78, 5) is 16.1. The minimum absolute atomic E-state index is 0.0125. The number of nitrogens with zero attached hydrogens (tertiary/aromatic N) is 1. The first-order valence-corrected chi connectivity index (χ1v) is 13.2. The number of ether oxygens (including phenoxy) is 1. The lowest BCUT2D eigenvalue weighted by Gasteiger charge is -2.25. The van der Waals surface area contributed by atoms with E-state index in [2.05, 4.69) is 25.8 Å². The van der Waals surface area contributed by atoms with Crippen molar-refractivity contribution in [3.63, 3.8) is 0 Å². The van der Waals surface area contributed by atoms with Gasteiger partial charge in [-0.15, -0.1) is 0 Å². The molecule has 182 valence electrons. The molecule has 1 saturated heterocycles. The van der Waals surface area contributed by atoms with E-state index < -0.39 is 10.0 Å². The zero-order valence-corrected chi connectivity index (χ0v) is 21.5. The van der Waals surface area contributed by atoms with E-state index in [1.54, 1.807) is 18.2 Å². The number of pyridine rings is 1. The van der Waals surface area contributed by atoms with Gasteiger partial charge in [0.05, 0.1) is 11.0 Å². The van der Waals surface area contributed by atoms with Gasteiger partial charge in [-0.2, -0.15) is 4.31 Å². The highest BCUT2D eigenvalue weighted by Crippen LogP contribution is 2.27. The van der Waals surface area contributed by atoms with Crippen molar-refractivity contribution in [3.8, 4) is 0 Å². The topological polar surface area (TPSA) is 79.5 Å². The quantitative estimate of drug-likeness (QED) is 0.547. The lowest BCUT2D eigenvalue weighted by atomic mass is 9.87. The summed E-state index contributed by atoms with van der Waals surface area (Å²) in [7, 11) is -3.83. The van der Waals surface area contributed by atoms with Crippen LogP contribution in [0.5, 0.6) is 0 Å². The van der Waals surface area contributed by atoms with E-state index in [0.717, 1.165) is 40.4 Å². The Morgan fingerprint density at radius 3 is 2.35 bits per heavy atom. The molecule has 3 aromatic rings. The fourth-order valence-corrected chi connectivity index (χ4v) is 5.82. The molecule has 1 fully saturated rings. The molecule has 0 radical (unpaired) electrons. The van der Waals surface area contributed by atoms with Crippen LogP contribution < -0.4 is 5.56 Å². The minimum Gasteiger partial charge on any atom is -0.377 e. The van der Waals surface area contributed by atoms with Crippen molar-refractivity contribution in [1.82, 2.24) is 9.29 Å². The molecule has 0 unspecified atom stereocenters. The van der Waals surface area contributed by atoms with Gasteiger partial charge < -0.3 is 9.72 Å². The van der Waals surface area contributed by atoms with Gasteiger partial charge in [-0.05, 0) is 84.5 Å². The third-order valence-electron chi connectivity index (χ3n) is 6.67. The standard InChI is InChI=1S/C27H34N2O4S/c1-18-13-20-15-21(26(30)28-25(20)14-19(18)2)16-29(17-23-7-6-12-33-23)34(31,32)24-10-8-22(9-11-24)27(3,4)5/h8-11,13-15,23H,6-7,12,16-17H2,1-5H3,(H,28,30)/t23-/m1/s1. The summed E-state index contributed by atoms with van der Waals surface area (Å²) < 4.78 is 34.6. The number of hydrogen-bond acceptors (Lipinski definition) is 4. The summed E-state index contributed by atoms with van der Waals surface area (Å²) >= 11 is 0. The van der Waals surface area contributed by atoms with Gasteiger partial charge in [-0.25, -0.2) is 8.42 Å². The predicted molar refractivity (Wildman–Crippen MR) is 136 cm³/mol. The number of aryl methyl sites for hydroxylation is 2. The molecule has 1 atom stereocenters. The van der Waals surface area contributed by atoms with Crippen LogP contribution in [0.4, 0.5) is 0 Å². The van der Waals surface area contributed by atoms with Crippen LogP contribution in [0.25, 0.3) is 10.9 Å². The number of aromatic amines is 1. The van der Waals surface area contributed by atoms with Crippen LogP contribution in [-0.4, -0.2) is 37.0 Å². The maximum absolute atomic E-state index is 13.7. The van der Waals surface area contributed by atoms with Crippen LogP contribution >= 0.6 is 0 Å². The summed E-state index contributed by atoms with van der Waals surface area (Å²) in [5, 5.41) is 0.890. The van der Waals surface area contributed by atoms with E-state index >= 15 is 0 Å². The molecule has 1 aliphatic heterocycles. The molecule has 6 nitrogen and oxygen atoms in total. The maximum Gasteiger partial charge on any atom is 0.252 e. The van der Waals surface area contributed by atoms with Gasteiger partial charge in [0.2, 0.25) is 10.0 Å². The Hall–Kier alpha value is -2.48. The van der Waals surface area contributed by atoms with E-state index in [4.69, 9.17) is 4.74 Å². The van der Waals surface area contributed by atoms with E-state index in [0.29, 0.717) is 12.2 Å². The van der Waals surface area contributed by atoms with Crippen LogP contribution in [0.2, 0.25) is 0 Å². The van der Waals surface area contributed by atoms with Crippen molar-refractivity contribution >= 4 is 20.9 Å². The molecule has 0 aliphatic carbocycles. The monoisotopic (exact) mass is 482 g/mol. The highest BCUT2D eigenvalue weighted by atomic mass is 32.2. The average molecular weight is 483 g/mol. The molecule has 4 rings (SSSR count). The zero-order chi connectivity index (χ0) is 24.7. The number of sulfonamides is 1. The molecule has 0 amide bonds. The van der Waals surface area contributed by atoms with Crippen LogP contribution in [0.3, 0.4) is 0 Å². The molecule has 0 bridgehead atoms. The Balaban J connectivity index is 1.72. The fraction of sp³-hybridized carbons (Fsp3) is 0.444. The first kappa shape index (κ1) is 24.6. The highest BCUT2D eigenvalue weighted by molar-refractivity contribution is 7.89. The molecule has 0 spiro atoms. The molecule has 1 N–H and O–H groups in total. The molecular formula is C27H34N2O4S. The first-order chi connectivity index (χ1) is 15.9. The van der Waals surface area contributed by atoms with Crippen molar-refractivity contribution in [3.05, 3.63) is 75.1 Å². The summed E-state index contributed by atoms with van der Waals surface area (Å²) in [5.41, 5.74) is 4.10. The van der Waals surface area contributed by atoms with Gasteiger partial charge in [0.1, 0.15) is 0 Å². The van der Waals surface area contributed by atoms with E-state index in [1.165, 1.54) is 4.31 Å². The Morgan fingerprint density at radius 2 is 1.74 bits per heavy atom. The van der Waals surface area contributed by atoms with Crippen molar-refractivity contribution < 1.29 is 13.2 Å². The van der Waals surface area contributed by atoms with Gasteiger partial charge in [0.15, 0.2) is 0 Å². The average Bonchev–Trinajstić information content (AvgIpc) is 3.28. The van der Waals surface area contributed by atoms with Crippen molar-refractivity contribution in [2.75, 3.05) is 13.2 Å². The number of H-pyrrole nitrogens is 1. The SMILES string of the molecule is Cc1cc2cc(CN(C[C@H]3CCCO3)S(=O)(=O)c3ccc(C(C)(C)C)cc3)c(=O)[nH]c2cc1C. The highest BCUT2D eigenvalue weighted by Gasteiger charge is 2.30. The Bertz CT molecular complexity index is 1350. The van der Waals surface area contributed by atoms with E-state index in [9.17, 15) is 13.2 Å². The summed E-state index contributed by atoms with van der Waals surface area (Å²) in [6, 6.07) is 12.8. The molecule has 7 heteroatoms. The number of hydrogen-bond donors (Lipinski definition) is 1. The molecule has 2 heterocycles. The Labute approximate surface area is 202 Å². The summed E-state index contributed by atoms with van der Waals surface area (Å²) in [6.45, 7) is 11.1. The van der Waals surface area contributed by atoms with Crippen molar-refractivity contribution in [1.29, 1.82) is 0 Å². The lowest BCUT2D eigenvalue weighted by molar-refractivity contribution is 0.0925. The first-order valence-electron chi connectivity index (χ1n) is 11.8. The van der Waals surface area contributed by atoms with Crippen LogP contribution in [-0.2, 0) is 26.7 Å². The normalized spacial score (nSPS) is 17.1. The summed E-state index contributed by atoms with van der Waals surface area (Å²) in [5.74, 6) is 0. The largest absolute Gasteiger partial charge is 0.377 e. The number of nitrogens with one attached hydrogen (secondary N) is 1. The minimum atomic E-state index is -3.83. The van der Waals surface area contributed by atoms with Crippen molar-refractivity contribution in [2.24, 2.45) is 0 Å². The second kappa shape index (κ2) is 9.29. The van der Waals surface area contributed by atoms with Crippen LogP contribution in [0, 0.1) is 13.8 Å². The lowest BCUT2D eigenvalue weighted by Crippen LogP contribution is -2.38. The van der Waals surface area contributed by atoms with Crippen LogP contribution in [0.15, 0.2) is 52.2 Å². The zero-order valence-electron chi connectivity index (χ0n) is 20.6. The smallest absolute Gasteiger partial charge is 0.252 e. The third kappa shape index (κ3) is 5.11. The molecular weight excluding hydrogens is 448 g/mol. The fourth-order valence-electron chi connectivity index (χ4n) is 4.37. The van der Waals surface area contributed by atoms with E-state index in [-0.39, 0.29) is 35.1 Å².